The zero-order valence-corrected chi connectivity index (χ0v) is 9.36. The molecule has 0 spiro atoms. The highest BCUT2D eigenvalue weighted by Crippen LogP contribution is 2.18. The van der Waals surface area contributed by atoms with Gasteiger partial charge in [-0.1, -0.05) is 11.6 Å². The SMILES string of the molecule is CC(Cn1c(=O)oc2ccc(Cl)cc21)=NN. The van der Waals surface area contributed by atoms with Gasteiger partial charge in [0.05, 0.1) is 17.8 Å². The van der Waals surface area contributed by atoms with Crippen LogP contribution in [0.3, 0.4) is 0 Å². The summed E-state index contributed by atoms with van der Waals surface area (Å²) >= 11 is 5.86. The van der Waals surface area contributed by atoms with Crippen LogP contribution in [0.2, 0.25) is 5.02 Å². The zero-order chi connectivity index (χ0) is 11.7. The third kappa shape index (κ3) is 1.81. The molecule has 16 heavy (non-hydrogen) atoms. The third-order valence-electron chi connectivity index (χ3n) is 2.24. The number of rotatable bonds is 2. The number of nitrogens with zero attached hydrogens (tertiary/aromatic N) is 2. The van der Waals surface area contributed by atoms with Crippen LogP contribution in [0.25, 0.3) is 11.1 Å². The van der Waals surface area contributed by atoms with Gasteiger partial charge in [0.2, 0.25) is 0 Å². The average Bonchev–Trinajstić information content (AvgIpc) is 2.55. The lowest BCUT2D eigenvalue weighted by molar-refractivity contribution is 0.522. The molecule has 2 rings (SSSR count). The molecule has 1 aromatic heterocycles. The molecule has 0 saturated heterocycles. The van der Waals surface area contributed by atoms with E-state index in [-0.39, 0.29) is 0 Å². The summed E-state index contributed by atoms with van der Waals surface area (Å²) in [5.74, 6) is 4.68. The Balaban J connectivity index is 2.63. The highest BCUT2D eigenvalue weighted by Gasteiger charge is 2.10. The first-order valence-corrected chi connectivity index (χ1v) is 5.02. The van der Waals surface area contributed by atoms with Crippen LogP contribution in [0.5, 0.6) is 0 Å². The number of hydrazone groups is 1. The predicted molar refractivity (Wildman–Crippen MR) is 62.8 cm³/mol. The van der Waals surface area contributed by atoms with Gasteiger partial charge in [-0.25, -0.2) is 4.79 Å². The summed E-state index contributed by atoms with van der Waals surface area (Å²) in [5, 5.41) is 4.06. The third-order valence-corrected chi connectivity index (χ3v) is 2.47. The maximum absolute atomic E-state index is 11.6. The van der Waals surface area contributed by atoms with Crippen LogP contribution < -0.4 is 11.6 Å². The highest BCUT2D eigenvalue weighted by atomic mass is 35.5. The second-order valence-electron chi connectivity index (χ2n) is 3.43. The lowest BCUT2D eigenvalue weighted by Gasteiger charge is -2.00. The molecular formula is C10H10ClN3O2. The fourth-order valence-electron chi connectivity index (χ4n) is 1.45. The Morgan fingerprint density at radius 2 is 2.38 bits per heavy atom. The molecule has 0 fully saturated rings. The van der Waals surface area contributed by atoms with Gasteiger partial charge in [0, 0.05) is 5.02 Å². The highest BCUT2D eigenvalue weighted by molar-refractivity contribution is 6.31. The van der Waals surface area contributed by atoms with E-state index in [9.17, 15) is 4.79 Å². The van der Waals surface area contributed by atoms with Crippen molar-refractivity contribution in [2.24, 2.45) is 10.9 Å². The molecule has 0 atom stereocenters. The van der Waals surface area contributed by atoms with Crippen molar-refractivity contribution in [1.82, 2.24) is 4.57 Å². The molecule has 0 aliphatic rings. The molecule has 0 bridgehead atoms. The Bertz CT molecular complexity index is 612. The maximum atomic E-state index is 11.6. The van der Waals surface area contributed by atoms with Crippen molar-refractivity contribution in [3.05, 3.63) is 33.8 Å². The Morgan fingerprint density at radius 3 is 3.06 bits per heavy atom. The van der Waals surface area contributed by atoms with E-state index in [4.69, 9.17) is 21.9 Å². The molecular weight excluding hydrogens is 230 g/mol. The Labute approximate surface area is 96.1 Å². The second kappa shape index (κ2) is 4.02. The Hall–Kier alpha value is -1.75. The summed E-state index contributed by atoms with van der Waals surface area (Å²) in [6.45, 7) is 2.03. The largest absolute Gasteiger partial charge is 0.420 e. The van der Waals surface area contributed by atoms with Crippen molar-refractivity contribution in [1.29, 1.82) is 0 Å². The topological polar surface area (TPSA) is 73.5 Å². The van der Waals surface area contributed by atoms with Crippen LogP contribution in [0.4, 0.5) is 0 Å². The zero-order valence-electron chi connectivity index (χ0n) is 8.61. The standard InChI is InChI=1S/C10H10ClN3O2/c1-6(13-12)5-14-8-4-7(11)2-3-9(8)16-10(14)15/h2-4H,5,12H2,1H3. The van der Waals surface area contributed by atoms with Crippen LogP contribution in [-0.2, 0) is 6.54 Å². The van der Waals surface area contributed by atoms with Gasteiger partial charge in [-0.05, 0) is 25.1 Å². The summed E-state index contributed by atoms with van der Waals surface area (Å²) in [7, 11) is 0. The fraction of sp³-hybridized carbons (Fsp3) is 0.200. The van der Waals surface area contributed by atoms with Gasteiger partial charge < -0.3 is 10.3 Å². The summed E-state index contributed by atoms with van der Waals surface area (Å²) < 4.78 is 6.49. The van der Waals surface area contributed by atoms with Gasteiger partial charge in [0.15, 0.2) is 5.58 Å². The van der Waals surface area contributed by atoms with Crippen molar-refractivity contribution in [2.75, 3.05) is 0 Å². The van der Waals surface area contributed by atoms with Gasteiger partial charge in [0.25, 0.3) is 0 Å². The quantitative estimate of drug-likeness (QED) is 0.491. The molecule has 0 amide bonds. The molecule has 0 aliphatic carbocycles. The number of nitrogens with two attached hydrogens (primary N) is 1. The van der Waals surface area contributed by atoms with Crippen LogP contribution in [0, 0.1) is 0 Å². The van der Waals surface area contributed by atoms with E-state index in [1.807, 2.05) is 0 Å². The number of oxazole rings is 1. The number of benzene rings is 1. The second-order valence-corrected chi connectivity index (χ2v) is 3.87. The van der Waals surface area contributed by atoms with E-state index >= 15 is 0 Å². The number of fused-ring (bicyclic) bond motifs is 1. The van der Waals surface area contributed by atoms with E-state index < -0.39 is 5.76 Å². The van der Waals surface area contributed by atoms with Crippen molar-refractivity contribution >= 4 is 28.4 Å². The van der Waals surface area contributed by atoms with Crippen molar-refractivity contribution < 1.29 is 4.42 Å². The molecule has 1 aromatic carbocycles. The lowest BCUT2D eigenvalue weighted by atomic mass is 10.3. The fourth-order valence-corrected chi connectivity index (χ4v) is 1.62. The predicted octanol–water partition coefficient (Wildman–Crippen LogP) is 1.58. The molecule has 5 nitrogen and oxygen atoms in total. The van der Waals surface area contributed by atoms with Crippen molar-refractivity contribution in [3.63, 3.8) is 0 Å². The van der Waals surface area contributed by atoms with Gasteiger partial charge in [-0.15, -0.1) is 0 Å². The molecule has 0 unspecified atom stereocenters. The summed E-state index contributed by atoms with van der Waals surface area (Å²) in [4.78, 5) is 11.6. The van der Waals surface area contributed by atoms with E-state index in [0.29, 0.717) is 28.4 Å². The van der Waals surface area contributed by atoms with Crippen LogP contribution >= 0.6 is 11.6 Å². The molecule has 2 aromatic rings. The Morgan fingerprint density at radius 1 is 1.62 bits per heavy atom. The van der Waals surface area contributed by atoms with E-state index in [1.54, 1.807) is 25.1 Å². The average molecular weight is 240 g/mol. The molecule has 84 valence electrons. The minimum Gasteiger partial charge on any atom is -0.408 e. The molecule has 2 N–H and O–H groups in total. The smallest absolute Gasteiger partial charge is 0.408 e. The minimum atomic E-state index is -0.444. The van der Waals surface area contributed by atoms with E-state index in [1.165, 1.54) is 4.57 Å². The summed E-state index contributed by atoms with van der Waals surface area (Å²) in [5.41, 5.74) is 1.77. The van der Waals surface area contributed by atoms with E-state index in [2.05, 4.69) is 5.10 Å². The first-order valence-electron chi connectivity index (χ1n) is 4.64. The summed E-state index contributed by atoms with van der Waals surface area (Å²) in [6, 6.07) is 5.00. The maximum Gasteiger partial charge on any atom is 0.420 e. The molecule has 6 heteroatoms. The number of hydrogen-bond donors (Lipinski definition) is 1. The number of halogens is 1. The first-order chi connectivity index (χ1) is 7.61. The normalized spacial score (nSPS) is 12.2. The molecule has 0 saturated carbocycles. The van der Waals surface area contributed by atoms with Crippen LogP contribution in [0.1, 0.15) is 6.92 Å². The Kier molecular flexibility index (Phi) is 2.70. The number of hydrogen-bond acceptors (Lipinski definition) is 4. The van der Waals surface area contributed by atoms with Crippen LogP contribution in [-0.4, -0.2) is 10.3 Å². The summed E-state index contributed by atoms with van der Waals surface area (Å²) in [6.07, 6.45) is 0. The van der Waals surface area contributed by atoms with Crippen molar-refractivity contribution in [3.8, 4) is 0 Å². The minimum absolute atomic E-state index is 0.294. The number of aromatic nitrogens is 1. The van der Waals surface area contributed by atoms with Gasteiger partial charge in [0.1, 0.15) is 0 Å². The van der Waals surface area contributed by atoms with Crippen LogP contribution in [0.15, 0.2) is 32.5 Å². The van der Waals surface area contributed by atoms with Gasteiger partial charge in [-0.3, -0.25) is 4.57 Å². The van der Waals surface area contributed by atoms with Crippen molar-refractivity contribution in [2.45, 2.75) is 13.5 Å². The van der Waals surface area contributed by atoms with Gasteiger partial charge in [-0.2, -0.15) is 5.10 Å². The molecule has 0 aliphatic heterocycles. The molecule has 0 radical (unpaired) electrons. The van der Waals surface area contributed by atoms with Gasteiger partial charge >= 0.3 is 5.76 Å². The van der Waals surface area contributed by atoms with E-state index in [0.717, 1.165) is 0 Å². The first kappa shape index (κ1) is 10.8. The molecule has 1 heterocycles. The lowest BCUT2D eigenvalue weighted by Crippen LogP contribution is -2.19. The monoisotopic (exact) mass is 239 g/mol.